The molecule has 0 fully saturated rings. The van der Waals surface area contributed by atoms with Crippen LogP contribution in [0.3, 0.4) is 0 Å². The first-order valence-corrected chi connectivity index (χ1v) is 7.01. The van der Waals surface area contributed by atoms with Crippen molar-refractivity contribution in [1.82, 2.24) is 0 Å². The number of sulfone groups is 1. The minimum absolute atomic E-state index is 0.349. The minimum Gasteiger partial charge on any atom is -0.325 e. The summed E-state index contributed by atoms with van der Waals surface area (Å²) < 4.78 is 22.9. The first-order valence-electron chi connectivity index (χ1n) is 5.06. The number of carbonyl (C=O) groups excluding carboxylic acids is 1. The quantitative estimate of drug-likeness (QED) is 0.794. The fourth-order valence-electron chi connectivity index (χ4n) is 1.90. The van der Waals surface area contributed by atoms with E-state index in [1.54, 1.807) is 6.07 Å². The lowest BCUT2D eigenvalue weighted by Gasteiger charge is -2.10. The van der Waals surface area contributed by atoms with Gasteiger partial charge in [-0.1, -0.05) is 18.2 Å². The molecule has 1 amide bonds. The Balaban J connectivity index is 2.36. The van der Waals surface area contributed by atoms with Gasteiger partial charge in [0.15, 0.2) is 9.84 Å². The third-order valence-electron chi connectivity index (χ3n) is 2.76. The Kier molecular flexibility index (Phi) is 2.71. The maximum atomic E-state index is 11.7. The lowest BCUT2D eigenvalue weighted by Crippen LogP contribution is -2.33. The Morgan fingerprint density at radius 1 is 1.31 bits per heavy atom. The Morgan fingerprint density at radius 2 is 2.00 bits per heavy atom. The number of hydrogen-bond donors (Lipinski definition) is 1. The molecule has 0 saturated carbocycles. The summed E-state index contributed by atoms with van der Waals surface area (Å²) in [5.74, 6) is -0.424. The third kappa shape index (κ3) is 2.09. The fraction of sp³-hybridized carbons (Fsp3) is 0.364. The second-order valence-electron chi connectivity index (χ2n) is 4.00. The summed E-state index contributed by atoms with van der Waals surface area (Å²) in [5, 5.41) is 1.73. The van der Waals surface area contributed by atoms with Crippen LogP contribution in [0.15, 0.2) is 24.3 Å². The van der Waals surface area contributed by atoms with Crippen molar-refractivity contribution in [2.75, 3.05) is 11.6 Å². The van der Waals surface area contributed by atoms with E-state index >= 15 is 0 Å². The Hall–Kier alpha value is -1.36. The van der Waals surface area contributed by atoms with Crippen LogP contribution in [0.2, 0.25) is 0 Å². The largest absolute Gasteiger partial charge is 0.325 e. The van der Waals surface area contributed by atoms with Crippen molar-refractivity contribution in [1.29, 1.82) is 0 Å². The summed E-state index contributed by atoms with van der Waals surface area (Å²) in [7, 11) is -3.33. The summed E-state index contributed by atoms with van der Waals surface area (Å²) in [5.41, 5.74) is 1.71. The number of anilines is 1. The molecule has 1 aliphatic heterocycles. The molecule has 5 heteroatoms. The zero-order valence-corrected chi connectivity index (χ0v) is 9.75. The Labute approximate surface area is 94.6 Å². The number of benzene rings is 1. The molecule has 2 rings (SSSR count). The molecule has 0 aromatic heterocycles. The van der Waals surface area contributed by atoms with E-state index in [4.69, 9.17) is 0 Å². The molecule has 86 valence electrons. The maximum Gasteiger partial charge on any atom is 0.242 e. The maximum absolute atomic E-state index is 11.7. The molecule has 0 spiro atoms. The normalized spacial score (nSPS) is 20.8. The van der Waals surface area contributed by atoms with Crippen molar-refractivity contribution in [2.24, 2.45) is 0 Å². The molecule has 0 saturated heterocycles. The standard InChI is InChI=1S/C11H13NO3S/c1-16(14,15)10-7-6-8-4-2-3-5-9(8)12-11(10)13/h2-5,10H,6-7H2,1H3,(H,12,13)/t10-/m0/s1. The van der Waals surface area contributed by atoms with Gasteiger partial charge in [-0.05, 0) is 24.5 Å². The monoisotopic (exact) mass is 239 g/mol. The molecule has 0 unspecified atom stereocenters. The van der Waals surface area contributed by atoms with Crippen LogP contribution in [-0.4, -0.2) is 25.8 Å². The number of hydrogen-bond acceptors (Lipinski definition) is 3. The number of fused-ring (bicyclic) bond motifs is 1. The number of para-hydroxylation sites is 1. The van der Waals surface area contributed by atoms with Gasteiger partial charge in [0.05, 0.1) is 0 Å². The average Bonchev–Trinajstić information content (AvgIpc) is 2.34. The van der Waals surface area contributed by atoms with E-state index in [0.717, 1.165) is 17.5 Å². The number of nitrogens with one attached hydrogen (secondary N) is 1. The summed E-state index contributed by atoms with van der Waals surface area (Å²) in [4.78, 5) is 11.7. The molecule has 1 heterocycles. The molecule has 0 aliphatic carbocycles. The summed E-state index contributed by atoms with van der Waals surface area (Å²) in [6.07, 6.45) is 2.06. The van der Waals surface area contributed by atoms with E-state index in [0.29, 0.717) is 12.8 Å². The first kappa shape index (κ1) is 11.1. The Morgan fingerprint density at radius 3 is 2.69 bits per heavy atom. The van der Waals surface area contributed by atoms with Crippen LogP contribution in [0.25, 0.3) is 0 Å². The predicted octanol–water partition coefficient (Wildman–Crippen LogP) is 0.984. The van der Waals surface area contributed by atoms with Crippen LogP contribution in [0.5, 0.6) is 0 Å². The van der Waals surface area contributed by atoms with E-state index < -0.39 is 21.0 Å². The number of carbonyl (C=O) groups is 1. The van der Waals surface area contributed by atoms with Crippen molar-refractivity contribution in [3.63, 3.8) is 0 Å². The van der Waals surface area contributed by atoms with Crippen molar-refractivity contribution in [3.8, 4) is 0 Å². The Bertz CT molecular complexity index is 522. The molecule has 1 aromatic carbocycles. The minimum atomic E-state index is -3.33. The molecule has 0 bridgehead atoms. The van der Waals surface area contributed by atoms with E-state index in [1.807, 2.05) is 18.2 Å². The van der Waals surface area contributed by atoms with E-state index in [1.165, 1.54) is 0 Å². The second kappa shape index (κ2) is 3.90. The van der Waals surface area contributed by atoms with Gasteiger partial charge >= 0.3 is 0 Å². The van der Waals surface area contributed by atoms with E-state index in [-0.39, 0.29) is 0 Å². The van der Waals surface area contributed by atoms with Crippen LogP contribution < -0.4 is 5.32 Å². The van der Waals surface area contributed by atoms with Gasteiger partial charge in [-0.15, -0.1) is 0 Å². The molecule has 1 aromatic rings. The highest BCUT2D eigenvalue weighted by Gasteiger charge is 2.31. The molecule has 1 N–H and O–H groups in total. The molecular weight excluding hydrogens is 226 g/mol. The zero-order chi connectivity index (χ0) is 11.8. The van der Waals surface area contributed by atoms with Gasteiger partial charge in [0.25, 0.3) is 0 Å². The molecule has 1 atom stereocenters. The fourth-order valence-corrected chi connectivity index (χ4v) is 2.89. The van der Waals surface area contributed by atoms with Gasteiger partial charge < -0.3 is 5.32 Å². The lowest BCUT2D eigenvalue weighted by molar-refractivity contribution is -0.115. The predicted molar refractivity (Wildman–Crippen MR) is 62.0 cm³/mol. The summed E-state index contributed by atoms with van der Waals surface area (Å²) in [6, 6.07) is 7.39. The highest BCUT2D eigenvalue weighted by Crippen LogP contribution is 2.23. The zero-order valence-electron chi connectivity index (χ0n) is 8.93. The van der Waals surface area contributed by atoms with Gasteiger partial charge in [-0.25, -0.2) is 8.42 Å². The van der Waals surface area contributed by atoms with Gasteiger partial charge in [0, 0.05) is 11.9 Å². The number of aryl methyl sites for hydroxylation is 1. The first-order chi connectivity index (χ1) is 7.48. The van der Waals surface area contributed by atoms with E-state index in [2.05, 4.69) is 5.32 Å². The van der Waals surface area contributed by atoms with Crippen molar-refractivity contribution in [3.05, 3.63) is 29.8 Å². The van der Waals surface area contributed by atoms with Gasteiger partial charge in [-0.2, -0.15) is 0 Å². The average molecular weight is 239 g/mol. The van der Waals surface area contributed by atoms with Crippen LogP contribution in [-0.2, 0) is 21.1 Å². The van der Waals surface area contributed by atoms with Crippen molar-refractivity contribution < 1.29 is 13.2 Å². The van der Waals surface area contributed by atoms with Crippen molar-refractivity contribution >= 4 is 21.4 Å². The van der Waals surface area contributed by atoms with Crippen LogP contribution in [0.1, 0.15) is 12.0 Å². The smallest absolute Gasteiger partial charge is 0.242 e. The molecule has 16 heavy (non-hydrogen) atoms. The van der Waals surface area contributed by atoms with Gasteiger partial charge in [0.2, 0.25) is 5.91 Å². The van der Waals surface area contributed by atoms with Crippen LogP contribution >= 0.6 is 0 Å². The van der Waals surface area contributed by atoms with Gasteiger partial charge in [-0.3, -0.25) is 4.79 Å². The third-order valence-corrected chi connectivity index (χ3v) is 4.24. The molecule has 4 nitrogen and oxygen atoms in total. The topological polar surface area (TPSA) is 63.2 Å². The van der Waals surface area contributed by atoms with E-state index in [9.17, 15) is 13.2 Å². The lowest BCUT2D eigenvalue weighted by atomic mass is 10.1. The molecular formula is C11H13NO3S. The summed E-state index contributed by atoms with van der Waals surface area (Å²) in [6.45, 7) is 0. The van der Waals surface area contributed by atoms with Gasteiger partial charge in [0.1, 0.15) is 5.25 Å². The molecule has 0 radical (unpaired) electrons. The molecule has 1 aliphatic rings. The highest BCUT2D eigenvalue weighted by molar-refractivity contribution is 7.92. The SMILES string of the molecule is CS(=O)(=O)[C@H]1CCc2ccccc2NC1=O. The van der Waals surface area contributed by atoms with Crippen LogP contribution in [0.4, 0.5) is 5.69 Å². The van der Waals surface area contributed by atoms with Crippen molar-refractivity contribution in [2.45, 2.75) is 18.1 Å². The number of amides is 1. The second-order valence-corrected chi connectivity index (χ2v) is 6.23. The summed E-state index contributed by atoms with van der Waals surface area (Å²) >= 11 is 0. The highest BCUT2D eigenvalue weighted by atomic mass is 32.2. The van der Waals surface area contributed by atoms with Crippen LogP contribution in [0, 0.1) is 0 Å². The number of rotatable bonds is 1.